The van der Waals surface area contributed by atoms with Gasteiger partial charge in [0, 0.05) is 31.0 Å². The molecule has 4 aromatic carbocycles. The van der Waals surface area contributed by atoms with Gasteiger partial charge in [-0.15, -0.1) is 0 Å². The molecular weight excluding hydrogens is 520 g/mol. The first-order valence-corrected chi connectivity index (χ1v) is 13.9. The molecule has 0 aliphatic carbocycles. The van der Waals surface area contributed by atoms with E-state index in [1.807, 2.05) is 109 Å². The van der Waals surface area contributed by atoms with Gasteiger partial charge in [-0.25, -0.2) is 0 Å². The molecule has 0 saturated heterocycles. The summed E-state index contributed by atoms with van der Waals surface area (Å²) in [6.07, 6.45) is 2.00. The quantitative estimate of drug-likeness (QED) is 0.212. The number of ether oxygens (including phenoxy) is 1. The van der Waals surface area contributed by atoms with Gasteiger partial charge < -0.3 is 15.0 Å². The average Bonchev–Trinajstić information content (AvgIpc) is 3.00. The third-order valence-corrected chi connectivity index (χ3v) is 7.13. The molecule has 1 unspecified atom stereocenters. The van der Waals surface area contributed by atoms with Crippen molar-refractivity contribution in [2.75, 3.05) is 13.7 Å². The van der Waals surface area contributed by atoms with Crippen molar-refractivity contribution in [2.24, 2.45) is 0 Å². The van der Waals surface area contributed by atoms with E-state index < -0.39 is 6.04 Å². The standard InChI is InChI=1S/C34H35ClN2O3/c1-40-31-19-14-27(15-20-31)22-23-36-34(39)32(24-28-10-6-3-7-11-28)37(25-29-12-17-30(35)18-13-29)33(38)21-16-26-8-4-2-5-9-26/h2-15,17-20,32H,16,21-25H2,1H3,(H,36,39). The maximum Gasteiger partial charge on any atom is 0.243 e. The topological polar surface area (TPSA) is 58.6 Å². The molecule has 5 nitrogen and oxygen atoms in total. The van der Waals surface area contributed by atoms with Gasteiger partial charge in [0.15, 0.2) is 0 Å². The average molecular weight is 555 g/mol. The Labute approximate surface area is 241 Å². The van der Waals surface area contributed by atoms with Crippen LogP contribution in [0.15, 0.2) is 109 Å². The summed E-state index contributed by atoms with van der Waals surface area (Å²) < 4.78 is 5.24. The lowest BCUT2D eigenvalue weighted by Crippen LogP contribution is -2.50. The molecule has 0 heterocycles. The number of benzene rings is 4. The van der Waals surface area contributed by atoms with E-state index in [2.05, 4.69) is 5.32 Å². The molecule has 206 valence electrons. The molecule has 0 saturated carbocycles. The molecule has 6 heteroatoms. The summed E-state index contributed by atoms with van der Waals surface area (Å²) in [5, 5.41) is 3.73. The Morgan fingerprint density at radius 3 is 1.95 bits per heavy atom. The second-order valence-electron chi connectivity index (χ2n) is 9.73. The van der Waals surface area contributed by atoms with E-state index in [0.29, 0.717) is 43.8 Å². The number of hydrogen-bond acceptors (Lipinski definition) is 3. The van der Waals surface area contributed by atoms with Crippen LogP contribution in [-0.2, 0) is 35.4 Å². The molecule has 0 spiro atoms. The fourth-order valence-electron chi connectivity index (χ4n) is 4.62. The minimum atomic E-state index is -0.669. The number of carbonyl (C=O) groups is 2. The molecule has 4 aromatic rings. The maximum absolute atomic E-state index is 13.8. The summed E-state index contributed by atoms with van der Waals surface area (Å²) in [6, 6.07) is 34.3. The van der Waals surface area contributed by atoms with E-state index in [-0.39, 0.29) is 11.8 Å². The normalized spacial score (nSPS) is 11.4. The van der Waals surface area contributed by atoms with Gasteiger partial charge in [0.25, 0.3) is 0 Å². The van der Waals surface area contributed by atoms with Gasteiger partial charge in [-0.05, 0) is 59.4 Å². The Morgan fingerprint density at radius 1 is 0.750 bits per heavy atom. The van der Waals surface area contributed by atoms with E-state index in [0.717, 1.165) is 28.0 Å². The second-order valence-corrected chi connectivity index (χ2v) is 10.2. The van der Waals surface area contributed by atoms with Crippen molar-refractivity contribution in [3.8, 4) is 5.75 Å². The van der Waals surface area contributed by atoms with Crippen molar-refractivity contribution >= 4 is 23.4 Å². The number of rotatable bonds is 13. The molecule has 0 aliphatic rings. The number of carbonyl (C=O) groups excluding carboxylic acids is 2. The van der Waals surface area contributed by atoms with Crippen LogP contribution in [-0.4, -0.2) is 36.4 Å². The number of hydrogen-bond donors (Lipinski definition) is 1. The van der Waals surface area contributed by atoms with Gasteiger partial charge in [-0.3, -0.25) is 9.59 Å². The van der Waals surface area contributed by atoms with E-state index in [9.17, 15) is 9.59 Å². The van der Waals surface area contributed by atoms with Gasteiger partial charge in [-0.2, -0.15) is 0 Å². The number of amides is 2. The molecule has 0 aliphatic heterocycles. The highest BCUT2D eigenvalue weighted by atomic mass is 35.5. The third-order valence-electron chi connectivity index (χ3n) is 6.88. The van der Waals surface area contributed by atoms with Gasteiger partial charge in [-0.1, -0.05) is 96.5 Å². The number of methoxy groups -OCH3 is 1. The molecule has 0 aromatic heterocycles. The van der Waals surface area contributed by atoms with Crippen molar-refractivity contribution in [1.29, 1.82) is 0 Å². The molecule has 1 atom stereocenters. The lowest BCUT2D eigenvalue weighted by atomic mass is 10.0. The van der Waals surface area contributed by atoms with Crippen molar-refractivity contribution in [3.05, 3.63) is 136 Å². The Bertz CT molecular complexity index is 1340. The number of nitrogens with one attached hydrogen (secondary N) is 1. The highest BCUT2D eigenvalue weighted by Gasteiger charge is 2.30. The molecule has 0 fully saturated rings. The third kappa shape index (κ3) is 8.72. The van der Waals surface area contributed by atoms with Crippen LogP contribution in [0.25, 0.3) is 0 Å². The minimum Gasteiger partial charge on any atom is -0.497 e. The Morgan fingerprint density at radius 2 is 1.32 bits per heavy atom. The second kappa shape index (κ2) is 14.9. The number of aryl methyl sites for hydroxylation is 1. The molecule has 40 heavy (non-hydrogen) atoms. The van der Waals surface area contributed by atoms with Crippen LogP contribution in [0.1, 0.15) is 28.7 Å². The van der Waals surface area contributed by atoms with Crippen LogP contribution < -0.4 is 10.1 Å². The van der Waals surface area contributed by atoms with Gasteiger partial charge >= 0.3 is 0 Å². The zero-order valence-electron chi connectivity index (χ0n) is 22.8. The van der Waals surface area contributed by atoms with Gasteiger partial charge in [0.2, 0.25) is 11.8 Å². The Hall–Kier alpha value is -4.09. The summed E-state index contributed by atoms with van der Waals surface area (Å²) in [6.45, 7) is 0.775. The molecule has 4 rings (SSSR count). The zero-order valence-corrected chi connectivity index (χ0v) is 23.5. The largest absolute Gasteiger partial charge is 0.497 e. The SMILES string of the molecule is COc1ccc(CCNC(=O)C(Cc2ccccc2)N(Cc2ccc(Cl)cc2)C(=O)CCc2ccccc2)cc1. The van der Waals surface area contributed by atoms with Crippen molar-refractivity contribution < 1.29 is 14.3 Å². The lowest BCUT2D eigenvalue weighted by molar-refractivity contribution is -0.141. The van der Waals surface area contributed by atoms with Gasteiger partial charge in [0.05, 0.1) is 7.11 Å². The Kier molecular flexibility index (Phi) is 10.8. The maximum atomic E-state index is 13.8. The fourth-order valence-corrected chi connectivity index (χ4v) is 4.75. The zero-order chi connectivity index (χ0) is 28.2. The van der Waals surface area contributed by atoms with Crippen molar-refractivity contribution in [2.45, 2.75) is 38.3 Å². The first kappa shape index (κ1) is 28.9. The Balaban J connectivity index is 1.54. The van der Waals surface area contributed by atoms with Crippen LogP contribution in [0.2, 0.25) is 5.02 Å². The monoisotopic (exact) mass is 554 g/mol. The number of halogens is 1. The predicted octanol–water partition coefficient (Wildman–Crippen LogP) is 6.28. The van der Waals surface area contributed by atoms with E-state index >= 15 is 0 Å². The predicted molar refractivity (Wildman–Crippen MR) is 160 cm³/mol. The first-order valence-electron chi connectivity index (χ1n) is 13.5. The van der Waals surface area contributed by atoms with Gasteiger partial charge in [0.1, 0.15) is 11.8 Å². The molecule has 1 N–H and O–H groups in total. The summed E-state index contributed by atoms with van der Waals surface area (Å²) in [4.78, 5) is 29.3. The smallest absolute Gasteiger partial charge is 0.243 e. The van der Waals surface area contributed by atoms with Crippen molar-refractivity contribution in [1.82, 2.24) is 10.2 Å². The van der Waals surface area contributed by atoms with Crippen LogP contribution >= 0.6 is 11.6 Å². The highest BCUT2D eigenvalue weighted by Crippen LogP contribution is 2.19. The van der Waals surface area contributed by atoms with E-state index in [1.165, 1.54) is 0 Å². The van der Waals surface area contributed by atoms with Crippen molar-refractivity contribution in [3.63, 3.8) is 0 Å². The summed E-state index contributed by atoms with van der Waals surface area (Å²) in [5.74, 6) is 0.562. The van der Waals surface area contributed by atoms with Crippen LogP contribution in [0.5, 0.6) is 5.75 Å². The number of nitrogens with zero attached hydrogens (tertiary/aromatic N) is 1. The van der Waals surface area contributed by atoms with Crippen LogP contribution in [0, 0.1) is 0 Å². The lowest BCUT2D eigenvalue weighted by Gasteiger charge is -2.32. The van der Waals surface area contributed by atoms with E-state index in [4.69, 9.17) is 16.3 Å². The molecular formula is C34H35ClN2O3. The highest BCUT2D eigenvalue weighted by molar-refractivity contribution is 6.30. The van der Waals surface area contributed by atoms with E-state index in [1.54, 1.807) is 12.0 Å². The summed E-state index contributed by atoms with van der Waals surface area (Å²) >= 11 is 6.12. The summed E-state index contributed by atoms with van der Waals surface area (Å²) in [7, 11) is 1.64. The molecule has 0 radical (unpaired) electrons. The van der Waals surface area contributed by atoms with Crippen LogP contribution in [0.3, 0.4) is 0 Å². The summed E-state index contributed by atoms with van der Waals surface area (Å²) in [5.41, 5.74) is 4.10. The fraction of sp³-hybridized carbons (Fsp3) is 0.235. The molecule has 0 bridgehead atoms. The van der Waals surface area contributed by atoms with Crippen LogP contribution in [0.4, 0.5) is 0 Å². The minimum absolute atomic E-state index is 0.0648. The molecule has 2 amide bonds. The first-order chi connectivity index (χ1) is 19.5.